The Kier molecular flexibility index (Phi) is 1.98. The molecule has 0 N–H and O–H groups in total. The Hall–Kier alpha value is -1.16. The fraction of sp³-hybridized carbons (Fsp3) is 0.417. The standard InChI is InChI=1S/C12H12O3S/c1-8-2-4-10(5-3-8)16(14)12-6-9(12)7-15-11(12)13/h2-5,9H,6-7H2,1H3/t9-,12+,16?/m1/s1. The van der Waals surface area contributed by atoms with Crippen LogP contribution in [0.5, 0.6) is 0 Å². The lowest BCUT2D eigenvalue weighted by molar-refractivity contribution is -0.140. The fourth-order valence-corrected chi connectivity index (χ4v) is 3.96. The van der Waals surface area contributed by atoms with Crippen molar-refractivity contribution in [2.45, 2.75) is 23.0 Å². The summed E-state index contributed by atoms with van der Waals surface area (Å²) in [7, 11) is -1.26. The van der Waals surface area contributed by atoms with E-state index in [1.807, 2.05) is 31.2 Å². The van der Waals surface area contributed by atoms with Crippen LogP contribution >= 0.6 is 0 Å². The smallest absolute Gasteiger partial charge is 0.325 e. The molecular weight excluding hydrogens is 224 g/mol. The predicted octanol–water partition coefficient (Wildman–Crippen LogP) is 1.42. The molecule has 16 heavy (non-hydrogen) atoms. The van der Waals surface area contributed by atoms with Crippen molar-refractivity contribution in [3.05, 3.63) is 29.8 Å². The molecule has 0 spiro atoms. The first-order valence-corrected chi connectivity index (χ1v) is 6.45. The molecule has 2 fully saturated rings. The molecular formula is C12H12O3S. The molecule has 1 aromatic rings. The topological polar surface area (TPSA) is 43.4 Å². The molecule has 0 radical (unpaired) electrons. The molecule has 1 aliphatic heterocycles. The third-order valence-corrected chi connectivity index (χ3v) is 5.40. The van der Waals surface area contributed by atoms with Crippen LogP contribution < -0.4 is 0 Å². The molecule has 84 valence electrons. The van der Waals surface area contributed by atoms with Crippen molar-refractivity contribution in [3.8, 4) is 0 Å². The highest BCUT2D eigenvalue weighted by molar-refractivity contribution is 7.87. The minimum absolute atomic E-state index is 0.169. The van der Waals surface area contributed by atoms with E-state index in [2.05, 4.69) is 0 Å². The number of ether oxygens (including phenoxy) is 1. The van der Waals surface area contributed by atoms with Gasteiger partial charge in [0.1, 0.15) is 0 Å². The number of hydrogen-bond donors (Lipinski definition) is 0. The van der Waals surface area contributed by atoms with Gasteiger partial charge in [-0.15, -0.1) is 0 Å². The number of esters is 1. The number of hydrogen-bond acceptors (Lipinski definition) is 3. The van der Waals surface area contributed by atoms with E-state index < -0.39 is 15.5 Å². The number of cyclic esters (lactones) is 1. The van der Waals surface area contributed by atoms with E-state index in [9.17, 15) is 9.00 Å². The SMILES string of the molecule is Cc1ccc(S(=O)[C@@]23C[C@@H]2COC3=O)cc1. The van der Waals surface area contributed by atoms with Crippen molar-refractivity contribution < 1.29 is 13.7 Å². The summed E-state index contributed by atoms with van der Waals surface area (Å²) in [5.41, 5.74) is 1.12. The first kappa shape index (κ1) is 10.0. The molecule has 3 rings (SSSR count). The van der Waals surface area contributed by atoms with E-state index in [1.165, 1.54) is 0 Å². The fourth-order valence-electron chi connectivity index (χ4n) is 2.22. The van der Waals surface area contributed by atoms with Crippen LogP contribution in [0.2, 0.25) is 0 Å². The van der Waals surface area contributed by atoms with Crippen LogP contribution in [-0.2, 0) is 20.3 Å². The number of aryl methyl sites for hydroxylation is 1. The van der Waals surface area contributed by atoms with Gasteiger partial charge >= 0.3 is 5.97 Å². The monoisotopic (exact) mass is 236 g/mol. The van der Waals surface area contributed by atoms with Gasteiger partial charge in [-0.05, 0) is 25.5 Å². The second-order valence-corrected chi connectivity index (χ2v) is 6.21. The molecule has 1 aromatic carbocycles. The van der Waals surface area contributed by atoms with Crippen LogP contribution in [0.4, 0.5) is 0 Å². The van der Waals surface area contributed by atoms with E-state index >= 15 is 0 Å². The van der Waals surface area contributed by atoms with Gasteiger partial charge in [0.05, 0.1) is 17.4 Å². The number of carbonyl (C=O) groups is 1. The Morgan fingerprint density at radius 2 is 2.06 bits per heavy atom. The first-order chi connectivity index (χ1) is 7.64. The molecule has 1 saturated heterocycles. The highest BCUT2D eigenvalue weighted by Gasteiger charge is 2.70. The van der Waals surface area contributed by atoms with Crippen molar-refractivity contribution in [1.82, 2.24) is 0 Å². The second-order valence-electron chi connectivity index (χ2n) is 4.47. The van der Waals surface area contributed by atoms with Crippen LogP contribution in [-0.4, -0.2) is 21.5 Å². The number of fused-ring (bicyclic) bond motifs is 1. The maximum Gasteiger partial charge on any atom is 0.325 e. The number of carbonyl (C=O) groups excluding carboxylic acids is 1. The van der Waals surface area contributed by atoms with E-state index in [4.69, 9.17) is 4.74 Å². The molecule has 3 atom stereocenters. The summed E-state index contributed by atoms with van der Waals surface area (Å²) >= 11 is 0. The Morgan fingerprint density at radius 3 is 2.56 bits per heavy atom. The van der Waals surface area contributed by atoms with E-state index in [-0.39, 0.29) is 11.9 Å². The average Bonchev–Trinajstić information content (AvgIpc) is 2.94. The summed E-state index contributed by atoms with van der Waals surface area (Å²) in [5, 5.41) is 0. The van der Waals surface area contributed by atoms with Crippen LogP contribution in [0.25, 0.3) is 0 Å². The van der Waals surface area contributed by atoms with Gasteiger partial charge in [-0.3, -0.25) is 9.00 Å². The molecule has 0 aromatic heterocycles. The zero-order chi connectivity index (χ0) is 11.3. The Balaban J connectivity index is 1.94. The Bertz CT molecular complexity index is 480. The van der Waals surface area contributed by atoms with Gasteiger partial charge in [0, 0.05) is 10.8 Å². The molecule has 0 amide bonds. The van der Waals surface area contributed by atoms with Crippen LogP contribution in [0.15, 0.2) is 29.2 Å². The third-order valence-electron chi connectivity index (χ3n) is 3.38. The molecule has 0 bridgehead atoms. The van der Waals surface area contributed by atoms with Crippen molar-refractivity contribution >= 4 is 16.8 Å². The van der Waals surface area contributed by atoms with Crippen molar-refractivity contribution in [2.24, 2.45) is 5.92 Å². The van der Waals surface area contributed by atoms with Gasteiger partial charge in [0.2, 0.25) is 0 Å². The minimum atomic E-state index is -1.26. The Morgan fingerprint density at radius 1 is 1.38 bits per heavy atom. The van der Waals surface area contributed by atoms with E-state index in [0.717, 1.165) is 10.5 Å². The van der Waals surface area contributed by atoms with Crippen molar-refractivity contribution in [3.63, 3.8) is 0 Å². The number of benzene rings is 1. The van der Waals surface area contributed by atoms with Crippen molar-refractivity contribution in [1.29, 1.82) is 0 Å². The largest absolute Gasteiger partial charge is 0.464 e. The molecule has 2 aliphatic rings. The van der Waals surface area contributed by atoms with Crippen molar-refractivity contribution in [2.75, 3.05) is 6.61 Å². The molecule has 3 nitrogen and oxygen atoms in total. The predicted molar refractivity (Wildman–Crippen MR) is 59.4 cm³/mol. The van der Waals surface area contributed by atoms with Crippen LogP contribution in [0.3, 0.4) is 0 Å². The molecule has 1 unspecified atom stereocenters. The maximum absolute atomic E-state index is 12.3. The Labute approximate surface area is 96.3 Å². The highest BCUT2D eigenvalue weighted by atomic mass is 32.2. The first-order valence-electron chi connectivity index (χ1n) is 5.30. The highest BCUT2D eigenvalue weighted by Crippen LogP contribution is 2.55. The van der Waals surface area contributed by atoms with Gasteiger partial charge in [-0.25, -0.2) is 0 Å². The summed E-state index contributed by atoms with van der Waals surface area (Å²) < 4.78 is 16.6. The minimum Gasteiger partial charge on any atom is -0.464 e. The molecule has 4 heteroatoms. The summed E-state index contributed by atoms with van der Waals surface area (Å²) in [6, 6.07) is 7.51. The van der Waals surface area contributed by atoms with Crippen LogP contribution in [0.1, 0.15) is 12.0 Å². The maximum atomic E-state index is 12.3. The molecule has 1 aliphatic carbocycles. The zero-order valence-electron chi connectivity index (χ0n) is 8.93. The van der Waals surface area contributed by atoms with Gasteiger partial charge < -0.3 is 4.74 Å². The lowest BCUT2D eigenvalue weighted by Crippen LogP contribution is -2.27. The normalized spacial score (nSPS) is 33.1. The second kappa shape index (κ2) is 3.17. The van der Waals surface area contributed by atoms with Gasteiger partial charge in [0.15, 0.2) is 4.75 Å². The van der Waals surface area contributed by atoms with E-state index in [1.54, 1.807) is 0 Å². The van der Waals surface area contributed by atoms with E-state index in [0.29, 0.717) is 13.0 Å². The summed E-state index contributed by atoms with van der Waals surface area (Å²) in [6.45, 7) is 2.42. The van der Waals surface area contributed by atoms with Gasteiger partial charge in [0.25, 0.3) is 0 Å². The molecule has 1 heterocycles. The molecule has 1 saturated carbocycles. The zero-order valence-corrected chi connectivity index (χ0v) is 9.75. The summed E-state index contributed by atoms with van der Waals surface area (Å²) in [4.78, 5) is 12.3. The number of rotatable bonds is 2. The summed E-state index contributed by atoms with van der Waals surface area (Å²) in [5.74, 6) is -0.112. The van der Waals surface area contributed by atoms with Gasteiger partial charge in [-0.1, -0.05) is 17.7 Å². The lowest BCUT2D eigenvalue weighted by atomic mass is 10.2. The average molecular weight is 236 g/mol. The lowest BCUT2D eigenvalue weighted by Gasteiger charge is -2.09. The quantitative estimate of drug-likeness (QED) is 0.729. The van der Waals surface area contributed by atoms with Crippen LogP contribution in [0, 0.1) is 12.8 Å². The third kappa shape index (κ3) is 1.19. The van der Waals surface area contributed by atoms with Gasteiger partial charge in [-0.2, -0.15) is 0 Å². The summed E-state index contributed by atoms with van der Waals surface area (Å²) in [6.07, 6.45) is 0.715.